The minimum absolute atomic E-state index is 0.0397. The maximum absolute atomic E-state index is 12.7. The summed E-state index contributed by atoms with van der Waals surface area (Å²) in [5, 5.41) is 8.32. The number of aryl methyl sites for hydroxylation is 2. The van der Waals surface area contributed by atoms with Gasteiger partial charge in [0, 0.05) is 25.8 Å². The van der Waals surface area contributed by atoms with E-state index in [1.165, 1.54) is 4.31 Å². The highest BCUT2D eigenvalue weighted by Crippen LogP contribution is 2.27. The lowest BCUT2D eigenvalue weighted by Gasteiger charge is -2.36. The molecule has 0 N–H and O–H groups in total. The van der Waals surface area contributed by atoms with Crippen LogP contribution in [0.15, 0.2) is 47.8 Å². The second-order valence-electron chi connectivity index (χ2n) is 6.68. The van der Waals surface area contributed by atoms with Crippen molar-refractivity contribution < 1.29 is 13.2 Å². The molecule has 28 heavy (non-hydrogen) atoms. The predicted octanol–water partition coefficient (Wildman–Crippen LogP) is 1.63. The van der Waals surface area contributed by atoms with E-state index in [-0.39, 0.29) is 11.1 Å². The van der Waals surface area contributed by atoms with Gasteiger partial charge < -0.3 is 9.30 Å². The van der Waals surface area contributed by atoms with Crippen molar-refractivity contribution in [2.45, 2.75) is 38.1 Å². The molecule has 0 amide bonds. The summed E-state index contributed by atoms with van der Waals surface area (Å²) in [7, 11) is -3.58. The van der Waals surface area contributed by atoms with Gasteiger partial charge >= 0.3 is 0 Å². The van der Waals surface area contributed by atoms with Gasteiger partial charge in [-0.25, -0.2) is 18.1 Å². The molecule has 0 atom stereocenters. The lowest BCUT2D eigenvalue weighted by Crippen LogP contribution is -2.50. The van der Waals surface area contributed by atoms with Crippen molar-refractivity contribution in [3.8, 4) is 5.75 Å². The van der Waals surface area contributed by atoms with Crippen LogP contribution >= 0.6 is 0 Å². The normalized spacial score (nSPS) is 15.5. The van der Waals surface area contributed by atoms with Gasteiger partial charge in [0.1, 0.15) is 23.9 Å². The zero-order valence-corrected chi connectivity index (χ0v) is 16.6. The van der Waals surface area contributed by atoms with Crippen molar-refractivity contribution in [3.63, 3.8) is 0 Å². The van der Waals surface area contributed by atoms with Crippen LogP contribution < -0.4 is 4.74 Å². The fourth-order valence-corrected chi connectivity index (χ4v) is 4.58. The molecule has 3 aromatic rings. The Hall–Kier alpha value is -2.72. The molecule has 1 saturated heterocycles. The van der Waals surface area contributed by atoms with Crippen LogP contribution in [0, 0.1) is 6.92 Å². The number of ether oxygens (including phenoxy) is 1. The molecule has 148 valence electrons. The summed E-state index contributed by atoms with van der Waals surface area (Å²) in [4.78, 5) is 4.19. The van der Waals surface area contributed by atoms with Gasteiger partial charge in [0.05, 0.1) is 12.2 Å². The Morgan fingerprint density at radius 3 is 2.61 bits per heavy atom. The van der Waals surface area contributed by atoms with Crippen LogP contribution in [0.25, 0.3) is 0 Å². The van der Waals surface area contributed by atoms with Gasteiger partial charge in [0.25, 0.3) is 10.0 Å². The van der Waals surface area contributed by atoms with Gasteiger partial charge in [-0.3, -0.25) is 0 Å². The molecular formula is C18H22N6O3S. The first-order valence-corrected chi connectivity index (χ1v) is 10.5. The molecular weight excluding hydrogens is 380 g/mol. The molecule has 9 nitrogen and oxygen atoms in total. The van der Waals surface area contributed by atoms with Gasteiger partial charge in [-0.05, 0) is 26.0 Å². The molecule has 10 heteroatoms. The van der Waals surface area contributed by atoms with Gasteiger partial charge in [-0.15, -0.1) is 5.10 Å². The van der Waals surface area contributed by atoms with E-state index < -0.39 is 10.0 Å². The number of hydrogen-bond donors (Lipinski definition) is 0. The van der Waals surface area contributed by atoms with E-state index in [0.29, 0.717) is 37.8 Å². The molecule has 1 aromatic carbocycles. The summed E-state index contributed by atoms with van der Waals surface area (Å²) < 4.78 is 36.0. The summed E-state index contributed by atoms with van der Waals surface area (Å²) in [6, 6.07) is 9.44. The highest BCUT2D eigenvalue weighted by molar-refractivity contribution is 7.89. The third-order valence-corrected chi connectivity index (χ3v) is 6.49. The van der Waals surface area contributed by atoms with E-state index in [9.17, 15) is 8.42 Å². The Labute approximate surface area is 163 Å². The minimum Gasteiger partial charge on any atom is -0.487 e. The van der Waals surface area contributed by atoms with Crippen LogP contribution in [0.2, 0.25) is 0 Å². The highest BCUT2D eigenvalue weighted by atomic mass is 32.2. The van der Waals surface area contributed by atoms with Crippen molar-refractivity contribution in [3.05, 3.63) is 54.2 Å². The summed E-state index contributed by atoms with van der Waals surface area (Å²) in [5.41, 5.74) is 0.697. The summed E-state index contributed by atoms with van der Waals surface area (Å²) in [5.74, 6) is 1.46. The number of aromatic nitrogens is 5. The van der Waals surface area contributed by atoms with E-state index in [4.69, 9.17) is 4.74 Å². The Morgan fingerprint density at radius 2 is 1.93 bits per heavy atom. The number of rotatable bonds is 7. The zero-order chi connectivity index (χ0) is 19.7. The van der Waals surface area contributed by atoms with Gasteiger partial charge in [0.2, 0.25) is 0 Å². The first kappa shape index (κ1) is 18.6. The first-order chi connectivity index (χ1) is 13.5. The van der Waals surface area contributed by atoms with Crippen molar-refractivity contribution >= 4 is 10.0 Å². The molecule has 0 spiro atoms. The van der Waals surface area contributed by atoms with Crippen molar-refractivity contribution in [2.24, 2.45) is 0 Å². The number of para-hydroxylation sites is 1. The molecule has 0 bridgehead atoms. The summed E-state index contributed by atoms with van der Waals surface area (Å²) in [6.07, 6.45) is 3.39. The molecule has 0 radical (unpaired) electrons. The predicted molar refractivity (Wildman–Crippen MR) is 101 cm³/mol. The molecule has 0 unspecified atom stereocenters. The standard InChI is InChI=1S/C18H22N6O3S/c1-3-22-12-18(19-14(22)2)28(25,26)23-10-16(11-23)24-9-15(20-21-24)13-27-17-7-5-4-6-8-17/h4-9,12,16H,3,10-11,13H2,1-2H3. The van der Waals surface area contributed by atoms with Crippen LogP contribution in [-0.2, 0) is 23.2 Å². The van der Waals surface area contributed by atoms with Crippen molar-refractivity contribution in [1.82, 2.24) is 28.9 Å². The number of benzene rings is 1. The van der Waals surface area contributed by atoms with E-state index in [2.05, 4.69) is 15.3 Å². The SMILES string of the molecule is CCn1cc(S(=O)(=O)N2CC(n3cc(COc4ccccc4)nn3)C2)nc1C. The van der Waals surface area contributed by atoms with Crippen LogP contribution in [0.5, 0.6) is 5.75 Å². The lowest BCUT2D eigenvalue weighted by molar-refractivity contribution is 0.188. The van der Waals surface area contributed by atoms with E-state index in [0.717, 1.165) is 5.75 Å². The number of imidazole rings is 1. The monoisotopic (exact) mass is 402 g/mol. The van der Waals surface area contributed by atoms with Gasteiger partial charge in [-0.1, -0.05) is 23.4 Å². The van der Waals surface area contributed by atoms with Crippen molar-refractivity contribution in [2.75, 3.05) is 13.1 Å². The largest absolute Gasteiger partial charge is 0.487 e. The molecule has 1 aliphatic heterocycles. The van der Waals surface area contributed by atoms with Crippen LogP contribution in [-0.4, -0.2) is 50.4 Å². The molecule has 3 heterocycles. The van der Waals surface area contributed by atoms with E-state index in [1.807, 2.05) is 41.8 Å². The number of nitrogens with zero attached hydrogens (tertiary/aromatic N) is 6. The summed E-state index contributed by atoms with van der Waals surface area (Å²) in [6.45, 7) is 5.45. The Morgan fingerprint density at radius 1 is 1.18 bits per heavy atom. The van der Waals surface area contributed by atoms with Crippen LogP contribution in [0.3, 0.4) is 0 Å². The third kappa shape index (κ3) is 3.52. The molecule has 0 aliphatic carbocycles. The van der Waals surface area contributed by atoms with Gasteiger partial charge in [-0.2, -0.15) is 4.31 Å². The zero-order valence-electron chi connectivity index (χ0n) is 15.8. The van der Waals surface area contributed by atoms with E-state index >= 15 is 0 Å². The highest BCUT2D eigenvalue weighted by Gasteiger charge is 2.39. The van der Waals surface area contributed by atoms with Crippen LogP contribution in [0.1, 0.15) is 24.5 Å². The second kappa shape index (κ2) is 7.36. The number of hydrogen-bond acceptors (Lipinski definition) is 6. The first-order valence-electron chi connectivity index (χ1n) is 9.10. The third-order valence-electron chi connectivity index (χ3n) is 4.79. The molecule has 1 fully saturated rings. The number of sulfonamides is 1. The molecule has 2 aromatic heterocycles. The quantitative estimate of drug-likeness (QED) is 0.596. The van der Waals surface area contributed by atoms with Crippen LogP contribution in [0.4, 0.5) is 0 Å². The smallest absolute Gasteiger partial charge is 0.262 e. The van der Waals surface area contributed by atoms with Gasteiger partial charge in [0.15, 0.2) is 5.03 Å². The maximum Gasteiger partial charge on any atom is 0.262 e. The average molecular weight is 402 g/mol. The second-order valence-corrected chi connectivity index (χ2v) is 8.56. The Bertz CT molecular complexity index is 1050. The lowest BCUT2D eigenvalue weighted by atomic mass is 10.2. The topological polar surface area (TPSA) is 95.1 Å². The summed E-state index contributed by atoms with van der Waals surface area (Å²) >= 11 is 0. The Kier molecular flexibility index (Phi) is 4.90. The maximum atomic E-state index is 12.7. The Balaban J connectivity index is 1.36. The molecule has 4 rings (SSSR count). The fourth-order valence-electron chi connectivity index (χ4n) is 3.07. The minimum atomic E-state index is -3.58. The van der Waals surface area contributed by atoms with Crippen molar-refractivity contribution in [1.29, 1.82) is 0 Å². The molecule has 0 saturated carbocycles. The average Bonchev–Trinajstić information content (AvgIpc) is 3.26. The molecule has 1 aliphatic rings. The fraction of sp³-hybridized carbons (Fsp3) is 0.389. The van der Waals surface area contributed by atoms with E-state index in [1.54, 1.807) is 24.0 Å².